The lowest BCUT2D eigenvalue weighted by atomic mass is 10.1. The predicted molar refractivity (Wildman–Crippen MR) is 83.8 cm³/mol. The quantitative estimate of drug-likeness (QED) is 0.833. The second kappa shape index (κ2) is 7.11. The number of methoxy groups -OCH3 is 1. The van der Waals surface area contributed by atoms with Crippen LogP contribution in [0.15, 0.2) is 24.3 Å². The topological polar surface area (TPSA) is 70.7 Å². The van der Waals surface area contributed by atoms with E-state index in [2.05, 4.69) is 10.0 Å². The van der Waals surface area contributed by atoms with Crippen LogP contribution in [0.1, 0.15) is 19.3 Å². The zero-order valence-electron chi connectivity index (χ0n) is 12.5. The average Bonchev–Trinajstić information content (AvgIpc) is 2.48. The minimum atomic E-state index is -3.58. The summed E-state index contributed by atoms with van der Waals surface area (Å²) in [4.78, 5) is 0. The van der Waals surface area contributed by atoms with E-state index in [1.807, 2.05) is 7.05 Å². The molecule has 0 aromatic heterocycles. The van der Waals surface area contributed by atoms with Crippen molar-refractivity contribution in [1.82, 2.24) is 9.62 Å². The lowest BCUT2D eigenvalue weighted by Crippen LogP contribution is -2.49. The van der Waals surface area contributed by atoms with Gasteiger partial charge in [-0.3, -0.25) is 4.72 Å². The summed E-state index contributed by atoms with van der Waals surface area (Å²) in [6.45, 7) is 1.21. The van der Waals surface area contributed by atoms with Crippen LogP contribution in [0.5, 0.6) is 5.75 Å². The number of ether oxygens (including phenoxy) is 1. The van der Waals surface area contributed by atoms with Gasteiger partial charge >= 0.3 is 10.2 Å². The molecule has 1 atom stereocenters. The molecule has 0 radical (unpaired) electrons. The number of hydrogen-bond donors (Lipinski definition) is 2. The standard InChI is InChI=1S/C14H23N3O3S/c1-15-11-12-7-5-6-10-17(12)21(18,19)16-13-8-3-4-9-14(13)20-2/h3-4,8-9,12,15-16H,5-7,10-11H2,1-2H3. The average molecular weight is 313 g/mol. The number of benzene rings is 1. The SMILES string of the molecule is CNCC1CCCCN1S(=O)(=O)Nc1ccccc1OC. The molecule has 0 aliphatic carbocycles. The molecule has 2 rings (SSSR count). The Morgan fingerprint density at radius 1 is 1.33 bits per heavy atom. The maximum absolute atomic E-state index is 12.6. The minimum absolute atomic E-state index is 0.00374. The highest BCUT2D eigenvalue weighted by Crippen LogP contribution is 2.27. The number of piperidine rings is 1. The van der Waals surface area contributed by atoms with Crippen LogP contribution in [0.4, 0.5) is 5.69 Å². The fourth-order valence-corrected chi connectivity index (χ4v) is 4.16. The van der Waals surface area contributed by atoms with Gasteiger partial charge in [0.25, 0.3) is 0 Å². The van der Waals surface area contributed by atoms with Crippen molar-refractivity contribution >= 4 is 15.9 Å². The summed E-state index contributed by atoms with van der Waals surface area (Å²) < 4.78 is 34.7. The van der Waals surface area contributed by atoms with Crippen LogP contribution < -0.4 is 14.8 Å². The molecule has 0 spiro atoms. The fourth-order valence-electron chi connectivity index (χ4n) is 2.66. The van der Waals surface area contributed by atoms with Gasteiger partial charge < -0.3 is 10.1 Å². The highest BCUT2D eigenvalue weighted by molar-refractivity contribution is 7.90. The van der Waals surface area contributed by atoms with Crippen molar-refractivity contribution in [1.29, 1.82) is 0 Å². The van der Waals surface area contributed by atoms with Gasteiger partial charge in [0.1, 0.15) is 5.75 Å². The largest absolute Gasteiger partial charge is 0.495 e. The molecule has 0 bridgehead atoms. The Labute approximate surface area is 126 Å². The molecule has 6 nitrogen and oxygen atoms in total. The van der Waals surface area contributed by atoms with Crippen LogP contribution in [0.25, 0.3) is 0 Å². The molecule has 1 aliphatic rings. The van der Waals surface area contributed by atoms with Crippen molar-refractivity contribution in [3.8, 4) is 5.75 Å². The molecule has 7 heteroatoms. The van der Waals surface area contributed by atoms with Crippen molar-refractivity contribution in [3.05, 3.63) is 24.3 Å². The van der Waals surface area contributed by atoms with Crippen LogP contribution in [0.2, 0.25) is 0 Å². The Morgan fingerprint density at radius 3 is 2.81 bits per heavy atom. The van der Waals surface area contributed by atoms with E-state index >= 15 is 0 Å². The lowest BCUT2D eigenvalue weighted by molar-refractivity contribution is 0.250. The molecular weight excluding hydrogens is 290 g/mol. The first-order valence-corrected chi connectivity index (χ1v) is 8.59. The number of nitrogens with zero attached hydrogens (tertiary/aromatic N) is 1. The number of hydrogen-bond acceptors (Lipinski definition) is 4. The third-order valence-corrected chi connectivity index (χ3v) is 5.24. The van der Waals surface area contributed by atoms with Crippen LogP contribution in [-0.4, -0.2) is 46.0 Å². The van der Waals surface area contributed by atoms with Crippen molar-refractivity contribution < 1.29 is 13.2 Å². The Balaban J connectivity index is 2.20. The highest BCUT2D eigenvalue weighted by Gasteiger charge is 2.32. The Morgan fingerprint density at radius 2 is 2.10 bits per heavy atom. The molecule has 1 fully saturated rings. The van der Waals surface area contributed by atoms with Crippen molar-refractivity contribution in [2.75, 3.05) is 32.0 Å². The molecule has 2 N–H and O–H groups in total. The lowest BCUT2D eigenvalue weighted by Gasteiger charge is -2.34. The second-order valence-corrected chi connectivity index (χ2v) is 6.75. The van der Waals surface area contributed by atoms with Crippen LogP contribution in [0.3, 0.4) is 0 Å². The summed E-state index contributed by atoms with van der Waals surface area (Å²) in [5, 5.41) is 3.07. The zero-order chi connectivity index (χ0) is 15.3. The molecule has 1 unspecified atom stereocenters. The van der Waals surface area contributed by atoms with Gasteiger partial charge in [-0.15, -0.1) is 0 Å². The van der Waals surface area contributed by atoms with Gasteiger partial charge in [0.15, 0.2) is 0 Å². The summed E-state index contributed by atoms with van der Waals surface area (Å²) >= 11 is 0. The van der Waals surface area contributed by atoms with E-state index < -0.39 is 10.2 Å². The number of rotatable bonds is 6. The monoisotopic (exact) mass is 313 g/mol. The molecule has 1 aromatic carbocycles. The molecule has 0 amide bonds. The highest BCUT2D eigenvalue weighted by atomic mass is 32.2. The van der Waals surface area contributed by atoms with E-state index in [9.17, 15) is 8.42 Å². The first-order chi connectivity index (χ1) is 10.1. The number of likely N-dealkylation sites (N-methyl/N-ethyl adjacent to an activating group) is 1. The maximum atomic E-state index is 12.6. The van der Waals surface area contributed by atoms with Gasteiger partial charge in [-0.2, -0.15) is 12.7 Å². The fraction of sp³-hybridized carbons (Fsp3) is 0.571. The number of anilines is 1. The number of nitrogens with one attached hydrogen (secondary N) is 2. The Kier molecular flexibility index (Phi) is 5.44. The van der Waals surface area contributed by atoms with E-state index in [4.69, 9.17) is 4.74 Å². The summed E-state index contributed by atoms with van der Waals surface area (Å²) in [7, 11) is -0.211. The van der Waals surface area contributed by atoms with Gasteiger partial charge in [-0.05, 0) is 32.0 Å². The van der Waals surface area contributed by atoms with Crippen molar-refractivity contribution in [2.45, 2.75) is 25.3 Å². The predicted octanol–water partition coefficient (Wildman–Crippen LogP) is 1.43. The summed E-state index contributed by atoms with van der Waals surface area (Å²) in [5.41, 5.74) is 0.466. The van der Waals surface area contributed by atoms with Gasteiger partial charge in [0, 0.05) is 19.1 Å². The summed E-state index contributed by atoms with van der Waals surface area (Å²) in [6.07, 6.45) is 2.84. The second-order valence-electron chi connectivity index (χ2n) is 5.13. The summed E-state index contributed by atoms with van der Waals surface area (Å²) in [6, 6.07) is 7.02. The third kappa shape index (κ3) is 3.87. The first kappa shape index (κ1) is 16.1. The molecule has 1 aromatic rings. The van der Waals surface area contributed by atoms with Crippen molar-refractivity contribution in [3.63, 3.8) is 0 Å². The Hall–Kier alpha value is -1.31. The number of para-hydroxylation sites is 2. The normalized spacial score (nSPS) is 20.2. The van der Waals surface area contributed by atoms with E-state index in [1.165, 1.54) is 7.11 Å². The molecule has 1 heterocycles. The van der Waals surface area contributed by atoms with Crippen LogP contribution in [0, 0.1) is 0 Å². The molecule has 1 saturated heterocycles. The van der Waals surface area contributed by atoms with E-state index in [-0.39, 0.29) is 6.04 Å². The Bertz CT molecular complexity index is 560. The molecule has 21 heavy (non-hydrogen) atoms. The van der Waals surface area contributed by atoms with Crippen LogP contribution >= 0.6 is 0 Å². The summed E-state index contributed by atoms with van der Waals surface area (Å²) in [5.74, 6) is 0.517. The van der Waals surface area contributed by atoms with Gasteiger partial charge in [0.05, 0.1) is 12.8 Å². The van der Waals surface area contributed by atoms with E-state index in [0.717, 1.165) is 19.3 Å². The van der Waals surface area contributed by atoms with E-state index in [0.29, 0.717) is 24.5 Å². The third-order valence-electron chi connectivity index (χ3n) is 3.67. The van der Waals surface area contributed by atoms with Gasteiger partial charge in [-0.25, -0.2) is 0 Å². The molecule has 118 valence electrons. The first-order valence-electron chi connectivity index (χ1n) is 7.15. The molecule has 1 aliphatic heterocycles. The molecular formula is C14H23N3O3S. The maximum Gasteiger partial charge on any atom is 0.302 e. The van der Waals surface area contributed by atoms with Crippen LogP contribution in [-0.2, 0) is 10.2 Å². The van der Waals surface area contributed by atoms with E-state index in [1.54, 1.807) is 28.6 Å². The smallest absolute Gasteiger partial charge is 0.302 e. The van der Waals surface area contributed by atoms with Gasteiger partial charge in [0.2, 0.25) is 0 Å². The minimum Gasteiger partial charge on any atom is -0.495 e. The van der Waals surface area contributed by atoms with Gasteiger partial charge in [-0.1, -0.05) is 18.6 Å². The van der Waals surface area contributed by atoms with Crippen molar-refractivity contribution in [2.24, 2.45) is 0 Å². The zero-order valence-corrected chi connectivity index (χ0v) is 13.3. The molecule has 0 saturated carbocycles.